The summed E-state index contributed by atoms with van der Waals surface area (Å²) in [6.07, 6.45) is 0.909. The van der Waals surface area contributed by atoms with Gasteiger partial charge in [-0.15, -0.1) is 0 Å². The summed E-state index contributed by atoms with van der Waals surface area (Å²) in [5.74, 6) is 3.09. The summed E-state index contributed by atoms with van der Waals surface area (Å²) in [6, 6.07) is 20.5. The fourth-order valence-corrected chi connectivity index (χ4v) is 5.49. The number of hydrogen-bond acceptors (Lipinski definition) is 5. The summed E-state index contributed by atoms with van der Waals surface area (Å²) >= 11 is 5.95. The van der Waals surface area contributed by atoms with Gasteiger partial charge in [-0.2, -0.15) is 0 Å². The van der Waals surface area contributed by atoms with E-state index in [0.717, 1.165) is 52.6 Å². The monoisotopic (exact) mass is 485 g/mol. The lowest BCUT2D eigenvalue weighted by atomic mass is 9.92. The van der Waals surface area contributed by atoms with Gasteiger partial charge in [-0.3, -0.25) is 0 Å². The number of ether oxygens (including phenoxy) is 4. The van der Waals surface area contributed by atoms with Crippen molar-refractivity contribution in [3.63, 3.8) is 0 Å². The molecule has 4 heterocycles. The zero-order valence-electron chi connectivity index (χ0n) is 18.9. The number of H-pyrrole nitrogens is 1. The molecule has 0 spiro atoms. The van der Waals surface area contributed by atoms with Crippen LogP contribution in [0.2, 0.25) is 0 Å². The van der Waals surface area contributed by atoms with Gasteiger partial charge in [0.05, 0.1) is 6.04 Å². The van der Waals surface area contributed by atoms with Crippen LogP contribution in [0.15, 0.2) is 60.7 Å². The van der Waals surface area contributed by atoms with Crippen molar-refractivity contribution in [2.24, 2.45) is 0 Å². The molecule has 0 radical (unpaired) electrons. The number of thiocarbonyl (C=S) groups is 1. The number of fused-ring (bicyclic) bond motifs is 5. The molecule has 0 bridgehead atoms. The van der Waals surface area contributed by atoms with Crippen LogP contribution in [-0.2, 0) is 13.0 Å². The van der Waals surface area contributed by atoms with Crippen LogP contribution in [0, 0.1) is 0 Å². The molecule has 35 heavy (non-hydrogen) atoms. The maximum absolute atomic E-state index is 5.95. The molecular weight excluding hydrogens is 462 g/mol. The fraction of sp³-hybridized carbons (Fsp3) is 0.222. The third-order valence-electron chi connectivity index (χ3n) is 6.89. The quantitative estimate of drug-likeness (QED) is 0.410. The third kappa shape index (κ3) is 3.44. The molecular formula is C27H23N3O4S. The van der Waals surface area contributed by atoms with E-state index in [0.29, 0.717) is 11.7 Å². The van der Waals surface area contributed by atoms with E-state index in [1.165, 1.54) is 16.6 Å². The Morgan fingerprint density at radius 2 is 1.66 bits per heavy atom. The Bertz CT molecular complexity index is 1470. The normalized spacial score (nSPS) is 17.5. The van der Waals surface area contributed by atoms with Gasteiger partial charge in [0.25, 0.3) is 0 Å². The Labute approximate surface area is 207 Å². The fourth-order valence-electron chi connectivity index (χ4n) is 5.22. The molecule has 0 fully saturated rings. The number of benzene rings is 3. The van der Waals surface area contributed by atoms with E-state index in [2.05, 4.69) is 51.6 Å². The molecule has 0 saturated carbocycles. The molecule has 8 heteroatoms. The standard InChI is InChI=1S/C27H23N3O4S/c35-27(28-13-16-5-7-21-23(11-16)33-14-31-21)30-10-9-19-18-3-1-2-4-20(18)29-25(19)26(30)17-6-8-22-24(12-17)34-15-32-22/h1-8,11-12,26,29H,9-10,13-15H2,(H,28,35)/t26-/m1/s1. The van der Waals surface area contributed by atoms with Crippen molar-refractivity contribution in [1.29, 1.82) is 0 Å². The van der Waals surface area contributed by atoms with Crippen LogP contribution in [0.5, 0.6) is 23.0 Å². The van der Waals surface area contributed by atoms with Crippen molar-refractivity contribution in [3.05, 3.63) is 83.0 Å². The predicted molar refractivity (Wildman–Crippen MR) is 135 cm³/mol. The molecule has 3 aromatic carbocycles. The minimum atomic E-state index is -0.0718. The number of hydrogen-bond donors (Lipinski definition) is 2. The third-order valence-corrected chi connectivity index (χ3v) is 7.27. The Hall–Kier alpha value is -3.91. The molecule has 1 atom stereocenters. The molecule has 4 aromatic rings. The van der Waals surface area contributed by atoms with Gasteiger partial charge in [-0.25, -0.2) is 0 Å². The SMILES string of the molecule is S=C(NCc1ccc2c(c1)OCO2)N1CCc2c([nH]c3ccccc23)[C@H]1c1ccc2c(c1)OCO2. The van der Waals surface area contributed by atoms with E-state index >= 15 is 0 Å². The van der Waals surface area contributed by atoms with Crippen molar-refractivity contribution in [2.75, 3.05) is 20.1 Å². The lowest BCUT2D eigenvalue weighted by Crippen LogP contribution is -2.45. The van der Waals surface area contributed by atoms with Gasteiger partial charge in [0, 0.05) is 29.7 Å². The molecule has 3 aliphatic rings. The van der Waals surface area contributed by atoms with Gasteiger partial charge in [0.15, 0.2) is 28.1 Å². The Morgan fingerprint density at radius 3 is 2.51 bits per heavy atom. The van der Waals surface area contributed by atoms with Crippen LogP contribution in [0.4, 0.5) is 0 Å². The molecule has 0 amide bonds. The molecule has 7 nitrogen and oxygen atoms in total. The maximum atomic E-state index is 5.95. The number of aromatic amines is 1. The Balaban J connectivity index is 1.22. The summed E-state index contributed by atoms with van der Waals surface area (Å²) in [5, 5.41) is 5.44. The molecule has 0 saturated heterocycles. The second kappa shape index (κ2) is 8.09. The van der Waals surface area contributed by atoms with Crippen molar-refractivity contribution < 1.29 is 18.9 Å². The van der Waals surface area contributed by atoms with Crippen LogP contribution in [0.25, 0.3) is 10.9 Å². The summed E-state index contributed by atoms with van der Waals surface area (Å²) in [7, 11) is 0. The second-order valence-electron chi connectivity index (χ2n) is 8.87. The molecule has 176 valence electrons. The lowest BCUT2D eigenvalue weighted by molar-refractivity contribution is 0.173. The van der Waals surface area contributed by atoms with E-state index in [1.807, 2.05) is 24.3 Å². The van der Waals surface area contributed by atoms with Crippen molar-refractivity contribution in [1.82, 2.24) is 15.2 Å². The molecule has 0 unspecified atom stereocenters. The Kier molecular flexibility index (Phi) is 4.73. The van der Waals surface area contributed by atoms with Crippen LogP contribution >= 0.6 is 12.2 Å². The van der Waals surface area contributed by atoms with Gasteiger partial charge < -0.3 is 34.1 Å². The van der Waals surface area contributed by atoms with E-state index in [-0.39, 0.29) is 19.6 Å². The first-order valence-corrected chi connectivity index (χ1v) is 12.1. The van der Waals surface area contributed by atoms with E-state index in [9.17, 15) is 0 Å². The summed E-state index contributed by atoms with van der Waals surface area (Å²) in [5.41, 5.74) is 5.85. The van der Waals surface area contributed by atoms with Gasteiger partial charge in [0.1, 0.15) is 0 Å². The summed E-state index contributed by atoms with van der Waals surface area (Å²) in [6.45, 7) is 1.92. The molecule has 0 aliphatic carbocycles. The van der Waals surface area contributed by atoms with Crippen molar-refractivity contribution >= 4 is 28.2 Å². The largest absolute Gasteiger partial charge is 0.454 e. The highest BCUT2D eigenvalue weighted by Gasteiger charge is 2.34. The zero-order chi connectivity index (χ0) is 23.4. The van der Waals surface area contributed by atoms with E-state index in [4.69, 9.17) is 31.2 Å². The topological polar surface area (TPSA) is 68.0 Å². The van der Waals surface area contributed by atoms with Crippen molar-refractivity contribution in [2.45, 2.75) is 19.0 Å². The highest BCUT2D eigenvalue weighted by molar-refractivity contribution is 7.80. The number of para-hydroxylation sites is 1. The molecule has 3 aliphatic heterocycles. The summed E-state index contributed by atoms with van der Waals surface area (Å²) in [4.78, 5) is 5.95. The number of nitrogens with one attached hydrogen (secondary N) is 2. The highest BCUT2D eigenvalue weighted by atomic mass is 32.1. The van der Waals surface area contributed by atoms with Crippen molar-refractivity contribution in [3.8, 4) is 23.0 Å². The second-order valence-corrected chi connectivity index (χ2v) is 9.25. The van der Waals surface area contributed by atoms with Crippen LogP contribution < -0.4 is 24.3 Å². The Morgan fingerprint density at radius 1 is 0.914 bits per heavy atom. The van der Waals surface area contributed by atoms with E-state index < -0.39 is 0 Å². The smallest absolute Gasteiger partial charge is 0.231 e. The highest BCUT2D eigenvalue weighted by Crippen LogP contribution is 2.42. The van der Waals surface area contributed by atoms with Gasteiger partial charge in [0.2, 0.25) is 13.6 Å². The average Bonchev–Trinajstić information content (AvgIpc) is 3.63. The van der Waals surface area contributed by atoms with Gasteiger partial charge >= 0.3 is 0 Å². The molecule has 2 N–H and O–H groups in total. The van der Waals surface area contributed by atoms with E-state index in [1.54, 1.807) is 0 Å². The first kappa shape index (κ1) is 20.5. The first-order valence-electron chi connectivity index (χ1n) is 11.7. The molecule has 1 aromatic heterocycles. The number of rotatable bonds is 3. The predicted octanol–water partition coefficient (Wildman–Crippen LogP) is 4.65. The zero-order valence-corrected chi connectivity index (χ0v) is 19.7. The first-order chi connectivity index (χ1) is 17.2. The van der Waals surface area contributed by atoms with Crippen LogP contribution in [-0.4, -0.2) is 35.1 Å². The molecule has 7 rings (SSSR count). The lowest BCUT2D eigenvalue weighted by Gasteiger charge is -2.38. The van der Waals surface area contributed by atoms with Crippen LogP contribution in [0.3, 0.4) is 0 Å². The minimum Gasteiger partial charge on any atom is -0.454 e. The van der Waals surface area contributed by atoms with Gasteiger partial charge in [-0.1, -0.05) is 30.3 Å². The number of aromatic nitrogens is 1. The number of nitrogens with zero attached hydrogens (tertiary/aromatic N) is 1. The maximum Gasteiger partial charge on any atom is 0.231 e. The van der Waals surface area contributed by atoms with Crippen LogP contribution in [0.1, 0.15) is 28.4 Å². The minimum absolute atomic E-state index is 0.0718. The van der Waals surface area contributed by atoms with Gasteiger partial charge in [-0.05, 0) is 65.7 Å². The average molecular weight is 486 g/mol. The summed E-state index contributed by atoms with van der Waals surface area (Å²) < 4.78 is 22.2.